The van der Waals surface area contributed by atoms with Gasteiger partial charge in [0, 0.05) is 17.7 Å². The zero-order chi connectivity index (χ0) is 16.9. The lowest BCUT2D eigenvalue weighted by Gasteiger charge is -2.25. The molecule has 1 atom stereocenters. The van der Waals surface area contributed by atoms with Crippen LogP contribution in [0.5, 0.6) is 0 Å². The van der Waals surface area contributed by atoms with Crippen molar-refractivity contribution in [2.24, 2.45) is 5.92 Å². The van der Waals surface area contributed by atoms with Crippen molar-refractivity contribution < 1.29 is 9.72 Å². The smallest absolute Gasteiger partial charge is 0.269 e. The summed E-state index contributed by atoms with van der Waals surface area (Å²) in [6.45, 7) is 0. The summed E-state index contributed by atoms with van der Waals surface area (Å²) in [5.41, 5.74) is 1.54. The monoisotopic (exact) mass is 324 g/mol. The fourth-order valence-corrected chi connectivity index (χ4v) is 3.38. The lowest BCUT2D eigenvalue weighted by Crippen LogP contribution is -2.32. The fraction of sp³-hybridized carbons (Fsp3) is 0.316. The molecule has 0 aliphatic heterocycles. The maximum atomic E-state index is 12.6. The van der Waals surface area contributed by atoms with E-state index in [-0.39, 0.29) is 17.6 Å². The van der Waals surface area contributed by atoms with E-state index in [0.29, 0.717) is 11.5 Å². The zero-order valence-corrected chi connectivity index (χ0v) is 13.4. The summed E-state index contributed by atoms with van der Waals surface area (Å²) in [4.78, 5) is 22.8. The molecule has 1 amide bonds. The molecule has 5 nitrogen and oxygen atoms in total. The highest BCUT2D eigenvalue weighted by Gasteiger charge is 2.28. The highest BCUT2D eigenvalue weighted by molar-refractivity contribution is 5.94. The number of non-ortho nitro benzene ring substituents is 1. The Hall–Kier alpha value is -2.69. The van der Waals surface area contributed by atoms with Gasteiger partial charge in [-0.2, -0.15) is 0 Å². The second-order valence-electron chi connectivity index (χ2n) is 6.21. The Morgan fingerprint density at radius 3 is 2.25 bits per heavy atom. The van der Waals surface area contributed by atoms with Crippen molar-refractivity contribution >= 4 is 11.6 Å². The summed E-state index contributed by atoms with van der Waals surface area (Å²) >= 11 is 0. The number of nitrogens with one attached hydrogen (secondary N) is 1. The van der Waals surface area contributed by atoms with Gasteiger partial charge >= 0.3 is 0 Å². The van der Waals surface area contributed by atoms with E-state index in [1.54, 1.807) is 0 Å². The van der Waals surface area contributed by atoms with E-state index in [0.717, 1.165) is 18.4 Å². The van der Waals surface area contributed by atoms with Crippen molar-refractivity contribution in [3.63, 3.8) is 0 Å². The molecule has 0 heterocycles. The molecule has 124 valence electrons. The molecular weight excluding hydrogens is 304 g/mol. The number of hydrogen-bond donors (Lipinski definition) is 1. The normalized spacial score (nSPS) is 15.8. The largest absolute Gasteiger partial charge is 0.345 e. The molecule has 1 aliphatic rings. The number of nitro benzene ring substituents is 1. The standard InChI is InChI=1S/C19H20N2O3/c22-19(16-10-12-17(13-11-16)21(23)24)20-18(15-8-4-5-9-15)14-6-2-1-3-7-14/h1-3,6-7,10-13,15,18H,4-5,8-9H2,(H,20,22). The van der Waals surface area contributed by atoms with Gasteiger partial charge in [0.15, 0.2) is 0 Å². The molecule has 0 aromatic heterocycles. The summed E-state index contributed by atoms with van der Waals surface area (Å²) in [6.07, 6.45) is 4.61. The van der Waals surface area contributed by atoms with Crippen LogP contribution in [0.15, 0.2) is 54.6 Å². The molecule has 5 heteroatoms. The van der Waals surface area contributed by atoms with Gasteiger partial charge in [-0.3, -0.25) is 14.9 Å². The van der Waals surface area contributed by atoms with Crippen molar-refractivity contribution in [1.29, 1.82) is 0 Å². The summed E-state index contributed by atoms with van der Waals surface area (Å²) in [7, 11) is 0. The van der Waals surface area contributed by atoms with E-state index in [9.17, 15) is 14.9 Å². The number of rotatable bonds is 5. The molecule has 3 rings (SSSR count). The zero-order valence-electron chi connectivity index (χ0n) is 13.4. The second kappa shape index (κ2) is 7.25. The van der Waals surface area contributed by atoms with Gasteiger partial charge in [-0.25, -0.2) is 0 Å². The first-order chi connectivity index (χ1) is 11.6. The molecule has 1 N–H and O–H groups in total. The van der Waals surface area contributed by atoms with Crippen molar-refractivity contribution in [1.82, 2.24) is 5.32 Å². The minimum Gasteiger partial charge on any atom is -0.345 e. The van der Waals surface area contributed by atoms with Crippen LogP contribution in [0.4, 0.5) is 5.69 Å². The first kappa shape index (κ1) is 16.2. The predicted molar refractivity (Wildman–Crippen MR) is 91.7 cm³/mol. The lowest BCUT2D eigenvalue weighted by molar-refractivity contribution is -0.384. The SMILES string of the molecule is O=C(NC(c1ccccc1)C1CCCC1)c1ccc([N+](=O)[O-])cc1. The minimum absolute atomic E-state index is 0.0121. The van der Waals surface area contributed by atoms with E-state index in [1.165, 1.54) is 37.1 Å². The molecule has 2 aromatic carbocycles. The van der Waals surface area contributed by atoms with Crippen LogP contribution in [-0.4, -0.2) is 10.8 Å². The molecule has 0 radical (unpaired) electrons. The van der Waals surface area contributed by atoms with Crippen LogP contribution in [-0.2, 0) is 0 Å². The third-order valence-electron chi connectivity index (χ3n) is 4.66. The number of amides is 1. The predicted octanol–water partition coefficient (Wildman–Crippen LogP) is 4.26. The van der Waals surface area contributed by atoms with Gasteiger partial charge in [-0.1, -0.05) is 43.2 Å². The highest BCUT2D eigenvalue weighted by atomic mass is 16.6. The van der Waals surface area contributed by atoms with Crippen molar-refractivity contribution in [2.45, 2.75) is 31.7 Å². The lowest BCUT2D eigenvalue weighted by atomic mass is 9.91. The summed E-state index contributed by atoms with van der Waals surface area (Å²) in [6, 6.07) is 15.7. The van der Waals surface area contributed by atoms with Crippen LogP contribution in [0, 0.1) is 16.0 Å². The molecule has 1 fully saturated rings. The van der Waals surface area contributed by atoms with Gasteiger partial charge < -0.3 is 5.32 Å². The average Bonchev–Trinajstić information content (AvgIpc) is 3.14. The minimum atomic E-state index is -0.465. The van der Waals surface area contributed by atoms with Crippen LogP contribution in [0.3, 0.4) is 0 Å². The third kappa shape index (κ3) is 3.62. The highest BCUT2D eigenvalue weighted by Crippen LogP contribution is 2.35. The molecule has 0 spiro atoms. The fourth-order valence-electron chi connectivity index (χ4n) is 3.38. The Morgan fingerprint density at radius 1 is 1.04 bits per heavy atom. The van der Waals surface area contributed by atoms with Gasteiger partial charge in [0.25, 0.3) is 11.6 Å². The second-order valence-corrected chi connectivity index (χ2v) is 6.21. The van der Waals surface area contributed by atoms with Crippen LogP contribution in [0.2, 0.25) is 0 Å². The van der Waals surface area contributed by atoms with Gasteiger partial charge in [0.2, 0.25) is 0 Å². The molecule has 1 aliphatic carbocycles. The van der Waals surface area contributed by atoms with Crippen LogP contribution in [0.25, 0.3) is 0 Å². The quantitative estimate of drug-likeness (QED) is 0.660. The molecular formula is C19H20N2O3. The summed E-state index contributed by atoms with van der Waals surface area (Å²) in [5, 5.41) is 13.9. The molecule has 24 heavy (non-hydrogen) atoms. The third-order valence-corrected chi connectivity index (χ3v) is 4.66. The van der Waals surface area contributed by atoms with Gasteiger partial charge in [-0.15, -0.1) is 0 Å². The maximum absolute atomic E-state index is 12.6. The number of hydrogen-bond acceptors (Lipinski definition) is 3. The van der Waals surface area contributed by atoms with Crippen molar-refractivity contribution in [3.8, 4) is 0 Å². The van der Waals surface area contributed by atoms with Gasteiger partial charge in [-0.05, 0) is 36.5 Å². The van der Waals surface area contributed by atoms with Gasteiger partial charge in [0.05, 0.1) is 11.0 Å². The van der Waals surface area contributed by atoms with E-state index in [2.05, 4.69) is 5.32 Å². The van der Waals surface area contributed by atoms with Crippen LogP contribution in [0.1, 0.15) is 47.6 Å². The number of carbonyl (C=O) groups is 1. The molecule has 1 unspecified atom stereocenters. The number of nitrogens with zero attached hydrogens (tertiary/aromatic N) is 1. The van der Waals surface area contributed by atoms with E-state index in [4.69, 9.17) is 0 Å². The first-order valence-corrected chi connectivity index (χ1v) is 8.25. The Bertz CT molecular complexity index is 707. The Balaban J connectivity index is 1.79. The Kier molecular flexibility index (Phi) is 4.89. The Labute approximate surface area is 140 Å². The molecule has 0 saturated heterocycles. The number of carbonyl (C=O) groups excluding carboxylic acids is 1. The molecule has 1 saturated carbocycles. The van der Waals surface area contributed by atoms with Gasteiger partial charge in [0.1, 0.15) is 0 Å². The van der Waals surface area contributed by atoms with Crippen molar-refractivity contribution in [3.05, 3.63) is 75.8 Å². The Morgan fingerprint density at radius 2 is 1.67 bits per heavy atom. The topological polar surface area (TPSA) is 72.2 Å². The average molecular weight is 324 g/mol. The number of benzene rings is 2. The molecule has 2 aromatic rings. The van der Waals surface area contributed by atoms with E-state index in [1.807, 2.05) is 30.3 Å². The summed E-state index contributed by atoms with van der Waals surface area (Å²) < 4.78 is 0. The van der Waals surface area contributed by atoms with Crippen LogP contribution < -0.4 is 5.32 Å². The van der Waals surface area contributed by atoms with E-state index >= 15 is 0 Å². The summed E-state index contributed by atoms with van der Waals surface area (Å²) in [5.74, 6) is 0.250. The number of nitro groups is 1. The van der Waals surface area contributed by atoms with Crippen LogP contribution >= 0.6 is 0 Å². The van der Waals surface area contributed by atoms with Crippen molar-refractivity contribution in [2.75, 3.05) is 0 Å². The molecule has 0 bridgehead atoms. The maximum Gasteiger partial charge on any atom is 0.269 e. The first-order valence-electron chi connectivity index (χ1n) is 8.25. The van der Waals surface area contributed by atoms with E-state index < -0.39 is 4.92 Å².